The normalized spacial score (nSPS) is 11.7. The Bertz CT molecular complexity index is 1510. The number of anilines is 1. The molecule has 0 fully saturated rings. The van der Waals surface area contributed by atoms with E-state index in [1.54, 1.807) is 42.3 Å². The first-order valence-corrected chi connectivity index (χ1v) is 12.4. The number of nitrogens with one attached hydrogen (secondary N) is 1. The minimum absolute atomic E-state index is 0.00336. The van der Waals surface area contributed by atoms with Gasteiger partial charge >= 0.3 is 5.97 Å². The van der Waals surface area contributed by atoms with Crippen LogP contribution < -0.4 is 4.90 Å². The molecule has 2 N–H and O–H groups in total. The Labute approximate surface area is 226 Å². The van der Waals surface area contributed by atoms with E-state index in [1.807, 2.05) is 43.3 Å². The number of hydrogen-bond donors (Lipinski definition) is 2. The predicted octanol–water partition coefficient (Wildman–Crippen LogP) is 4.81. The van der Waals surface area contributed by atoms with Gasteiger partial charge in [-0.15, -0.1) is 0 Å². The molecule has 8 nitrogen and oxygen atoms in total. The van der Waals surface area contributed by atoms with Gasteiger partial charge in [-0.1, -0.05) is 24.3 Å². The van der Waals surface area contributed by atoms with E-state index in [4.69, 9.17) is 9.73 Å². The summed E-state index contributed by atoms with van der Waals surface area (Å²) >= 11 is 0. The van der Waals surface area contributed by atoms with Crippen LogP contribution in [-0.2, 0) is 20.7 Å². The van der Waals surface area contributed by atoms with Crippen molar-refractivity contribution in [2.24, 2.45) is 4.99 Å². The fraction of sp³-hybridized carbons (Fsp3) is 0.233. The molecule has 0 saturated carbocycles. The lowest BCUT2D eigenvalue weighted by Gasteiger charge is -2.19. The summed E-state index contributed by atoms with van der Waals surface area (Å²) in [7, 11) is 6.92. The van der Waals surface area contributed by atoms with Crippen LogP contribution in [0.25, 0.3) is 10.9 Å². The number of H-pyrrole nitrogens is 1. The number of esters is 1. The average molecular weight is 531 g/mol. The number of aromatic nitrogens is 1. The number of aliphatic imine (C=N–C) groups is 1. The zero-order chi connectivity index (χ0) is 28.1. The lowest BCUT2D eigenvalue weighted by Crippen LogP contribution is -2.29. The van der Waals surface area contributed by atoms with Gasteiger partial charge in [0.1, 0.15) is 5.82 Å². The van der Waals surface area contributed by atoms with Crippen LogP contribution in [0.3, 0.4) is 0 Å². The second-order valence-corrected chi connectivity index (χ2v) is 9.47. The van der Waals surface area contributed by atoms with Gasteiger partial charge in [-0.2, -0.15) is 0 Å². The molecule has 0 bridgehead atoms. The molecule has 4 rings (SSSR count). The lowest BCUT2D eigenvalue weighted by atomic mass is 9.99. The standard InChI is InChI=1S/C30H31FN4O4/c1-34(2)16-15-26(36)35(3)23-12-10-22(11-13-23)32-29(20-7-5-19(6-8-20)17-27(37)39-4)28-24-14-9-21(31)18-25(24)33-30(28)38/h5-14,18,33,38H,15-17H2,1-4H3. The number of fused-ring (bicyclic) bond motifs is 1. The zero-order valence-electron chi connectivity index (χ0n) is 22.4. The van der Waals surface area contributed by atoms with E-state index in [1.165, 1.54) is 19.2 Å². The molecule has 3 aromatic carbocycles. The molecule has 1 heterocycles. The zero-order valence-corrected chi connectivity index (χ0v) is 22.4. The van der Waals surface area contributed by atoms with Gasteiger partial charge in [-0.05, 0) is 62.1 Å². The monoisotopic (exact) mass is 530 g/mol. The second-order valence-electron chi connectivity index (χ2n) is 9.47. The summed E-state index contributed by atoms with van der Waals surface area (Å²) in [6, 6.07) is 18.7. The first kappa shape index (κ1) is 27.5. The van der Waals surface area contributed by atoms with Crippen molar-refractivity contribution in [3.8, 4) is 5.88 Å². The van der Waals surface area contributed by atoms with E-state index < -0.39 is 5.82 Å². The summed E-state index contributed by atoms with van der Waals surface area (Å²) in [6.45, 7) is 0.658. The van der Waals surface area contributed by atoms with Gasteiger partial charge in [0, 0.05) is 36.7 Å². The molecular weight excluding hydrogens is 499 g/mol. The Hall–Kier alpha value is -4.50. The summed E-state index contributed by atoms with van der Waals surface area (Å²) in [5.41, 5.74) is 4.09. The Morgan fingerprint density at radius 1 is 1.00 bits per heavy atom. The Kier molecular flexibility index (Phi) is 8.41. The molecule has 0 unspecified atom stereocenters. The number of aromatic amines is 1. The molecule has 0 saturated heterocycles. The van der Waals surface area contributed by atoms with Gasteiger partial charge < -0.3 is 24.6 Å². The van der Waals surface area contributed by atoms with Crippen LogP contribution in [0.2, 0.25) is 0 Å². The van der Waals surface area contributed by atoms with Crippen molar-refractivity contribution in [3.05, 3.63) is 89.2 Å². The van der Waals surface area contributed by atoms with Crippen LogP contribution in [0.4, 0.5) is 15.8 Å². The molecule has 202 valence electrons. The number of rotatable bonds is 9. The Morgan fingerprint density at radius 3 is 2.33 bits per heavy atom. The smallest absolute Gasteiger partial charge is 0.309 e. The first-order valence-electron chi connectivity index (χ1n) is 12.4. The number of methoxy groups -OCH3 is 1. The number of benzene rings is 3. The van der Waals surface area contributed by atoms with E-state index in [0.29, 0.717) is 46.4 Å². The molecule has 0 spiro atoms. The number of halogens is 1. The van der Waals surface area contributed by atoms with Gasteiger partial charge in [0.15, 0.2) is 5.88 Å². The van der Waals surface area contributed by atoms with Crippen LogP contribution in [0.15, 0.2) is 71.7 Å². The molecule has 0 atom stereocenters. The van der Waals surface area contributed by atoms with Gasteiger partial charge in [0.25, 0.3) is 0 Å². The fourth-order valence-corrected chi connectivity index (χ4v) is 4.19. The van der Waals surface area contributed by atoms with E-state index in [-0.39, 0.29) is 24.2 Å². The topological polar surface area (TPSA) is 98.2 Å². The van der Waals surface area contributed by atoms with Gasteiger partial charge in [-0.25, -0.2) is 9.38 Å². The van der Waals surface area contributed by atoms with Crippen LogP contribution in [-0.4, -0.2) is 67.4 Å². The van der Waals surface area contributed by atoms with Crippen LogP contribution >= 0.6 is 0 Å². The highest BCUT2D eigenvalue weighted by Gasteiger charge is 2.20. The van der Waals surface area contributed by atoms with Gasteiger partial charge in [0.05, 0.1) is 36.0 Å². The quantitative estimate of drug-likeness (QED) is 0.239. The Morgan fingerprint density at radius 2 is 1.69 bits per heavy atom. The van der Waals surface area contributed by atoms with Crippen molar-refractivity contribution in [2.75, 3.05) is 39.7 Å². The van der Waals surface area contributed by atoms with Crippen LogP contribution in [0, 0.1) is 5.82 Å². The molecule has 4 aromatic rings. The molecule has 0 aliphatic carbocycles. The summed E-state index contributed by atoms with van der Waals surface area (Å²) < 4.78 is 18.6. The number of carbonyl (C=O) groups excluding carboxylic acids is 2. The van der Waals surface area contributed by atoms with Crippen molar-refractivity contribution in [1.29, 1.82) is 0 Å². The van der Waals surface area contributed by atoms with E-state index in [2.05, 4.69) is 4.98 Å². The number of nitrogens with zero attached hydrogens (tertiary/aromatic N) is 3. The maximum atomic E-state index is 13.9. The molecule has 0 aliphatic heterocycles. The van der Waals surface area contributed by atoms with Crippen molar-refractivity contribution in [1.82, 2.24) is 9.88 Å². The van der Waals surface area contributed by atoms with E-state index >= 15 is 0 Å². The first-order chi connectivity index (χ1) is 18.7. The maximum absolute atomic E-state index is 13.9. The van der Waals surface area contributed by atoms with Crippen molar-refractivity contribution in [3.63, 3.8) is 0 Å². The predicted molar refractivity (Wildman–Crippen MR) is 150 cm³/mol. The molecule has 39 heavy (non-hydrogen) atoms. The number of aromatic hydroxyl groups is 1. The number of hydrogen-bond acceptors (Lipinski definition) is 6. The second kappa shape index (κ2) is 11.9. The number of carbonyl (C=O) groups is 2. The fourth-order valence-electron chi connectivity index (χ4n) is 4.19. The highest BCUT2D eigenvalue weighted by Crippen LogP contribution is 2.32. The molecule has 9 heteroatoms. The lowest BCUT2D eigenvalue weighted by molar-refractivity contribution is -0.139. The SMILES string of the molecule is COC(=O)Cc1ccc(C(=Nc2ccc(N(C)C(=O)CCN(C)C)cc2)c2c(O)[nH]c3cc(F)ccc23)cc1. The molecule has 1 amide bonds. The van der Waals surface area contributed by atoms with Crippen molar-refractivity contribution >= 4 is 39.9 Å². The molecular formula is C30H31FN4O4. The summed E-state index contributed by atoms with van der Waals surface area (Å²) in [4.78, 5) is 35.5. The summed E-state index contributed by atoms with van der Waals surface area (Å²) in [6.07, 6.45) is 0.531. The van der Waals surface area contributed by atoms with Crippen molar-refractivity contribution in [2.45, 2.75) is 12.8 Å². The largest absolute Gasteiger partial charge is 0.494 e. The van der Waals surface area contributed by atoms with Crippen LogP contribution in [0.1, 0.15) is 23.1 Å². The third-order valence-corrected chi connectivity index (χ3v) is 6.41. The number of ether oxygens (including phenoxy) is 1. The highest BCUT2D eigenvalue weighted by atomic mass is 19.1. The van der Waals surface area contributed by atoms with Crippen molar-refractivity contribution < 1.29 is 23.8 Å². The molecule has 0 aliphatic rings. The molecule has 1 aromatic heterocycles. The van der Waals surface area contributed by atoms with Gasteiger partial charge in [-0.3, -0.25) is 9.59 Å². The summed E-state index contributed by atoms with van der Waals surface area (Å²) in [5, 5.41) is 11.4. The van der Waals surface area contributed by atoms with E-state index in [0.717, 1.165) is 11.3 Å². The maximum Gasteiger partial charge on any atom is 0.309 e. The third kappa shape index (κ3) is 6.50. The number of amides is 1. The van der Waals surface area contributed by atoms with Gasteiger partial charge in [0.2, 0.25) is 5.91 Å². The molecule has 0 radical (unpaired) electrons. The Balaban J connectivity index is 1.73. The minimum Gasteiger partial charge on any atom is -0.494 e. The minimum atomic E-state index is -0.430. The highest BCUT2D eigenvalue weighted by molar-refractivity contribution is 6.21. The summed E-state index contributed by atoms with van der Waals surface area (Å²) in [5.74, 6) is -0.918. The van der Waals surface area contributed by atoms with Crippen LogP contribution in [0.5, 0.6) is 5.88 Å². The van der Waals surface area contributed by atoms with E-state index in [9.17, 15) is 19.1 Å². The average Bonchev–Trinajstić information content (AvgIpc) is 3.25. The third-order valence-electron chi connectivity index (χ3n) is 6.41.